The summed E-state index contributed by atoms with van der Waals surface area (Å²) >= 11 is 0. The zero-order chi connectivity index (χ0) is 24.8. The Bertz CT molecular complexity index is 1310. The Balaban J connectivity index is 1.42. The van der Waals surface area contributed by atoms with E-state index in [1.54, 1.807) is 24.1 Å². The van der Waals surface area contributed by atoms with Gasteiger partial charge in [-0.05, 0) is 23.6 Å². The summed E-state index contributed by atoms with van der Waals surface area (Å²) in [7, 11) is 1.57. The van der Waals surface area contributed by atoms with Crippen LogP contribution in [0.1, 0.15) is 31.0 Å². The minimum absolute atomic E-state index is 0.0262. The average molecular weight is 479 g/mol. The zero-order valence-corrected chi connectivity index (χ0v) is 19.9. The average Bonchev–Trinajstić information content (AvgIpc) is 3.29. The van der Waals surface area contributed by atoms with Crippen molar-refractivity contribution in [1.82, 2.24) is 25.0 Å². The first-order chi connectivity index (χ1) is 16.9. The number of nitrogens with zero attached hydrogens (tertiary/aromatic N) is 5. The lowest BCUT2D eigenvalue weighted by Gasteiger charge is -2.11. The number of hydrogen-bond donors (Lipinski definition) is 1. The number of Topliss-reactive ketones (excluding diaryl/α,β-unsaturated/α-hetero) is 1. The van der Waals surface area contributed by atoms with Crippen molar-refractivity contribution in [3.8, 4) is 5.75 Å². The predicted molar refractivity (Wildman–Crippen MR) is 129 cm³/mol. The number of carbonyl (C=O) groups is 1. The molecule has 4 aromatic rings. The number of carbonyl (C=O) groups excluding carboxylic acids is 1. The number of ketones is 1. The lowest BCUT2D eigenvalue weighted by Crippen LogP contribution is -2.13. The van der Waals surface area contributed by atoms with Gasteiger partial charge in [-0.2, -0.15) is 0 Å². The number of nitrogens with one attached hydrogen (secondary N) is 1. The number of aromatic nitrogens is 5. The van der Waals surface area contributed by atoms with E-state index in [1.807, 2.05) is 38.1 Å². The Hall–Kier alpha value is -3.92. The lowest BCUT2D eigenvalue weighted by molar-refractivity contribution is -0.119. The van der Waals surface area contributed by atoms with Gasteiger partial charge in [0.15, 0.2) is 5.78 Å². The molecule has 0 fully saturated rings. The Kier molecular flexibility index (Phi) is 7.61. The topological polar surface area (TPSA) is 104 Å². The van der Waals surface area contributed by atoms with Crippen LogP contribution in [0.25, 0.3) is 10.9 Å². The molecule has 4 rings (SSSR count). The Morgan fingerprint density at radius 3 is 2.66 bits per heavy atom. The van der Waals surface area contributed by atoms with Crippen molar-refractivity contribution in [1.29, 1.82) is 0 Å². The van der Waals surface area contributed by atoms with Crippen LogP contribution in [0.4, 0.5) is 15.9 Å². The van der Waals surface area contributed by atoms with Gasteiger partial charge in [0, 0.05) is 37.5 Å². The molecule has 35 heavy (non-hydrogen) atoms. The molecule has 10 heteroatoms. The summed E-state index contributed by atoms with van der Waals surface area (Å²) in [4.78, 5) is 20.8. The van der Waals surface area contributed by atoms with Crippen LogP contribution < -0.4 is 10.1 Å². The second-order valence-electron chi connectivity index (χ2n) is 8.40. The first-order valence-electron chi connectivity index (χ1n) is 11.3. The maximum atomic E-state index is 14.9. The second-order valence-corrected chi connectivity index (χ2v) is 8.40. The van der Waals surface area contributed by atoms with Gasteiger partial charge in [0.05, 0.1) is 23.2 Å². The molecule has 2 aromatic carbocycles. The minimum Gasteiger partial charge on any atom is -0.491 e. The molecule has 2 heterocycles. The fourth-order valence-corrected chi connectivity index (χ4v) is 3.50. The number of hydrogen-bond acceptors (Lipinski definition) is 8. The molecule has 0 aliphatic carbocycles. The van der Waals surface area contributed by atoms with Crippen LogP contribution in [0, 0.1) is 5.82 Å². The van der Waals surface area contributed by atoms with E-state index in [0.717, 1.165) is 11.3 Å². The third-order valence-electron chi connectivity index (χ3n) is 5.32. The van der Waals surface area contributed by atoms with Gasteiger partial charge >= 0.3 is 0 Å². The zero-order valence-electron chi connectivity index (χ0n) is 19.9. The van der Waals surface area contributed by atoms with Gasteiger partial charge in [0.2, 0.25) is 0 Å². The molecule has 0 saturated carbocycles. The molecule has 0 aliphatic heterocycles. The summed E-state index contributed by atoms with van der Waals surface area (Å²) in [6.45, 7) is 4.94. The number of rotatable bonds is 11. The summed E-state index contributed by atoms with van der Waals surface area (Å²) in [6, 6.07) is 10.3. The van der Waals surface area contributed by atoms with Crippen molar-refractivity contribution in [2.45, 2.75) is 32.7 Å². The van der Waals surface area contributed by atoms with Crippen LogP contribution in [0.3, 0.4) is 0 Å². The van der Waals surface area contributed by atoms with Gasteiger partial charge in [0.1, 0.15) is 36.9 Å². The second kappa shape index (κ2) is 11.0. The predicted octanol–water partition coefficient (Wildman–Crippen LogP) is 4.06. The maximum absolute atomic E-state index is 14.9. The van der Waals surface area contributed by atoms with E-state index in [1.165, 1.54) is 12.4 Å². The third-order valence-corrected chi connectivity index (χ3v) is 5.32. The quantitative estimate of drug-likeness (QED) is 0.322. The molecule has 0 amide bonds. The summed E-state index contributed by atoms with van der Waals surface area (Å²) in [5.74, 6) is 0.506. The van der Waals surface area contributed by atoms with E-state index in [-0.39, 0.29) is 30.1 Å². The van der Waals surface area contributed by atoms with Crippen LogP contribution in [0.2, 0.25) is 0 Å². The molecule has 0 unspecified atom stereocenters. The first-order valence-corrected chi connectivity index (χ1v) is 11.3. The number of halogens is 1. The number of fused-ring (bicyclic) bond motifs is 1. The van der Waals surface area contributed by atoms with E-state index in [2.05, 4.69) is 25.6 Å². The Morgan fingerprint density at radius 1 is 1.14 bits per heavy atom. The lowest BCUT2D eigenvalue weighted by atomic mass is 10.1. The van der Waals surface area contributed by atoms with Crippen LogP contribution >= 0.6 is 0 Å². The van der Waals surface area contributed by atoms with Crippen LogP contribution in [-0.4, -0.2) is 51.1 Å². The fraction of sp³-hybridized carbons (Fsp3) is 0.320. The Morgan fingerprint density at radius 2 is 1.94 bits per heavy atom. The number of anilines is 2. The van der Waals surface area contributed by atoms with Crippen molar-refractivity contribution in [2.75, 3.05) is 25.6 Å². The summed E-state index contributed by atoms with van der Waals surface area (Å²) in [6.07, 6.45) is 3.44. The standard InChI is InChI=1S/C25H27FN6O3/c1-16(2)23-14-32(31-30-23)13-19(33)10-17-4-6-18(7-5-17)29-25-24-21(26)11-20(35-9-8-34-3)12-22(24)27-15-28-25/h4-7,11-12,14-16H,8-10,13H2,1-3H3,(H,27,28,29). The van der Waals surface area contributed by atoms with Crippen LogP contribution in [0.5, 0.6) is 5.75 Å². The van der Waals surface area contributed by atoms with Crippen molar-refractivity contribution < 1.29 is 18.7 Å². The van der Waals surface area contributed by atoms with E-state index in [0.29, 0.717) is 36.0 Å². The molecule has 0 atom stereocenters. The third kappa shape index (κ3) is 6.15. The molecule has 0 radical (unpaired) electrons. The van der Waals surface area contributed by atoms with Crippen molar-refractivity contribution in [3.05, 3.63) is 66.0 Å². The molecule has 0 saturated heterocycles. The molecule has 0 bridgehead atoms. The highest BCUT2D eigenvalue weighted by atomic mass is 19.1. The summed E-state index contributed by atoms with van der Waals surface area (Å²) in [5, 5.41) is 11.5. The SMILES string of the molecule is COCCOc1cc(F)c2c(Nc3ccc(CC(=O)Cn4cc(C(C)C)nn4)cc3)ncnc2c1. The minimum atomic E-state index is -0.492. The molecule has 9 nitrogen and oxygen atoms in total. The maximum Gasteiger partial charge on any atom is 0.158 e. The fourth-order valence-electron chi connectivity index (χ4n) is 3.50. The molecule has 182 valence electrons. The molecular weight excluding hydrogens is 451 g/mol. The number of ether oxygens (including phenoxy) is 2. The van der Waals surface area contributed by atoms with Crippen molar-refractivity contribution in [3.63, 3.8) is 0 Å². The molecule has 0 aliphatic rings. The van der Waals surface area contributed by atoms with Gasteiger partial charge < -0.3 is 14.8 Å². The molecule has 0 spiro atoms. The van der Waals surface area contributed by atoms with Gasteiger partial charge in [-0.3, -0.25) is 4.79 Å². The normalized spacial score (nSPS) is 11.2. The van der Waals surface area contributed by atoms with E-state index < -0.39 is 5.82 Å². The highest BCUT2D eigenvalue weighted by Crippen LogP contribution is 2.29. The van der Waals surface area contributed by atoms with Gasteiger partial charge in [-0.25, -0.2) is 19.0 Å². The van der Waals surface area contributed by atoms with Gasteiger partial charge in [0.25, 0.3) is 0 Å². The highest BCUT2D eigenvalue weighted by molar-refractivity contribution is 5.92. The first kappa shape index (κ1) is 24.2. The number of methoxy groups -OCH3 is 1. The van der Waals surface area contributed by atoms with E-state index in [4.69, 9.17) is 9.47 Å². The summed E-state index contributed by atoms with van der Waals surface area (Å²) < 4.78 is 26.9. The summed E-state index contributed by atoms with van der Waals surface area (Å²) in [5.41, 5.74) is 2.85. The van der Waals surface area contributed by atoms with E-state index in [9.17, 15) is 9.18 Å². The molecule has 2 aromatic heterocycles. The van der Waals surface area contributed by atoms with Gasteiger partial charge in [-0.1, -0.05) is 31.2 Å². The number of benzene rings is 2. The molecular formula is C25H27FN6O3. The monoisotopic (exact) mass is 478 g/mol. The van der Waals surface area contributed by atoms with Gasteiger partial charge in [-0.15, -0.1) is 5.10 Å². The smallest absolute Gasteiger partial charge is 0.158 e. The van der Waals surface area contributed by atoms with Crippen LogP contribution in [-0.2, 0) is 22.5 Å². The van der Waals surface area contributed by atoms with Crippen LogP contribution in [0.15, 0.2) is 48.9 Å². The molecule has 1 N–H and O–H groups in total. The van der Waals surface area contributed by atoms with Crippen molar-refractivity contribution >= 4 is 28.2 Å². The van der Waals surface area contributed by atoms with E-state index >= 15 is 0 Å². The van der Waals surface area contributed by atoms with Crippen molar-refractivity contribution in [2.24, 2.45) is 0 Å². The largest absolute Gasteiger partial charge is 0.491 e. The Labute approximate surface area is 202 Å². The highest BCUT2D eigenvalue weighted by Gasteiger charge is 2.13.